The Balaban J connectivity index is 1.87. The van der Waals surface area contributed by atoms with Crippen molar-refractivity contribution in [2.45, 2.75) is 13.8 Å². The van der Waals surface area contributed by atoms with Crippen LogP contribution in [0.5, 0.6) is 11.5 Å². The zero-order chi connectivity index (χ0) is 23.7. The number of methoxy groups -OCH3 is 2. The van der Waals surface area contributed by atoms with Gasteiger partial charge >= 0.3 is 0 Å². The second-order valence-electron chi connectivity index (χ2n) is 7.66. The lowest BCUT2D eigenvalue weighted by molar-refractivity contribution is -0.120. The molecule has 4 rings (SSSR count). The zero-order valence-electron chi connectivity index (χ0n) is 18.7. The Kier molecular flexibility index (Phi) is 5.87. The van der Waals surface area contributed by atoms with Gasteiger partial charge in [-0.1, -0.05) is 18.2 Å². The Morgan fingerprint density at radius 1 is 0.818 bits per heavy atom. The van der Waals surface area contributed by atoms with Gasteiger partial charge in [-0.25, -0.2) is 9.29 Å². The molecule has 1 aliphatic heterocycles. The topological polar surface area (TPSA) is 67.9 Å². The van der Waals surface area contributed by atoms with Crippen molar-refractivity contribution in [3.8, 4) is 11.5 Å². The van der Waals surface area contributed by atoms with Gasteiger partial charge < -0.3 is 14.8 Å². The summed E-state index contributed by atoms with van der Waals surface area (Å²) in [6, 6.07) is 15.9. The van der Waals surface area contributed by atoms with Crippen molar-refractivity contribution in [3.05, 3.63) is 88.9 Å². The molecule has 0 atom stereocenters. The van der Waals surface area contributed by atoms with Gasteiger partial charge in [0.25, 0.3) is 11.8 Å². The lowest BCUT2D eigenvalue weighted by Crippen LogP contribution is -2.32. The van der Waals surface area contributed by atoms with Crippen LogP contribution in [0.3, 0.4) is 0 Å². The van der Waals surface area contributed by atoms with Crippen molar-refractivity contribution >= 4 is 28.8 Å². The highest BCUT2D eigenvalue weighted by molar-refractivity contribution is 6.46. The number of hydrogen-bond acceptors (Lipinski definition) is 5. The summed E-state index contributed by atoms with van der Waals surface area (Å²) >= 11 is 0. The molecule has 0 spiro atoms. The number of imide groups is 1. The van der Waals surface area contributed by atoms with Crippen molar-refractivity contribution in [1.82, 2.24) is 0 Å². The summed E-state index contributed by atoms with van der Waals surface area (Å²) < 4.78 is 24.2. The van der Waals surface area contributed by atoms with Gasteiger partial charge in [-0.05, 0) is 66.9 Å². The standard InChI is InChI=1S/C26H23FN2O4/c1-15-5-6-17(13-16(15)2)23-24(28-21-14-20(32-3)11-12-22(21)33-4)26(31)29(25(23)30)19-9-7-18(27)8-10-19/h5-14,28H,1-4H3. The van der Waals surface area contributed by atoms with E-state index >= 15 is 0 Å². The van der Waals surface area contributed by atoms with Crippen molar-refractivity contribution in [3.63, 3.8) is 0 Å². The number of ether oxygens (including phenoxy) is 2. The van der Waals surface area contributed by atoms with Crippen LogP contribution in [0, 0.1) is 19.7 Å². The fourth-order valence-electron chi connectivity index (χ4n) is 3.68. The molecule has 1 aliphatic rings. The molecule has 0 unspecified atom stereocenters. The number of amides is 2. The Morgan fingerprint density at radius 2 is 1.55 bits per heavy atom. The van der Waals surface area contributed by atoms with E-state index in [-0.39, 0.29) is 17.0 Å². The summed E-state index contributed by atoms with van der Waals surface area (Å²) in [7, 11) is 3.05. The highest BCUT2D eigenvalue weighted by atomic mass is 19.1. The first-order valence-electron chi connectivity index (χ1n) is 10.3. The van der Waals surface area contributed by atoms with Crippen molar-refractivity contribution in [2.75, 3.05) is 24.4 Å². The van der Waals surface area contributed by atoms with E-state index in [0.717, 1.165) is 16.0 Å². The van der Waals surface area contributed by atoms with Crippen LogP contribution in [0.25, 0.3) is 5.57 Å². The van der Waals surface area contributed by atoms with Crippen LogP contribution in [0.1, 0.15) is 16.7 Å². The molecule has 3 aromatic rings. The third kappa shape index (κ3) is 4.05. The van der Waals surface area contributed by atoms with Crippen molar-refractivity contribution < 1.29 is 23.5 Å². The fourth-order valence-corrected chi connectivity index (χ4v) is 3.68. The van der Waals surface area contributed by atoms with E-state index in [0.29, 0.717) is 22.7 Å². The molecule has 7 heteroatoms. The minimum absolute atomic E-state index is 0.0964. The predicted molar refractivity (Wildman–Crippen MR) is 125 cm³/mol. The molecule has 0 aliphatic carbocycles. The quantitative estimate of drug-likeness (QED) is 0.548. The highest BCUT2D eigenvalue weighted by Gasteiger charge is 2.40. The number of carbonyl (C=O) groups is 2. The summed E-state index contributed by atoms with van der Waals surface area (Å²) in [6.07, 6.45) is 0. The number of aryl methyl sites for hydroxylation is 2. The van der Waals surface area contributed by atoms with E-state index in [1.807, 2.05) is 32.0 Å². The normalized spacial score (nSPS) is 13.5. The van der Waals surface area contributed by atoms with E-state index in [9.17, 15) is 14.0 Å². The predicted octanol–water partition coefficient (Wildman–Crippen LogP) is 4.86. The van der Waals surface area contributed by atoms with E-state index in [1.165, 1.54) is 38.5 Å². The molecule has 0 radical (unpaired) electrons. The van der Waals surface area contributed by atoms with Crippen LogP contribution in [0.4, 0.5) is 15.8 Å². The van der Waals surface area contributed by atoms with Crippen LogP contribution in [-0.2, 0) is 9.59 Å². The van der Waals surface area contributed by atoms with Crippen molar-refractivity contribution in [1.29, 1.82) is 0 Å². The molecule has 0 saturated carbocycles. The van der Waals surface area contributed by atoms with Crippen LogP contribution in [0.15, 0.2) is 66.4 Å². The summed E-state index contributed by atoms with van der Waals surface area (Å²) in [5.74, 6) is -0.481. The Hall–Kier alpha value is -4.13. The molecule has 0 aromatic heterocycles. The Labute approximate surface area is 191 Å². The number of nitrogens with one attached hydrogen (secondary N) is 1. The molecule has 168 valence electrons. The molecule has 33 heavy (non-hydrogen) atoms. The number of benzene rings is 3. The molecule has 0 fully saturated rings. The average molecular weight is 446 g/mol. The maximum Gasteiger partial charge on any atom is 0.282 e. The maximum atomic E-state index is 13.5. The Morgan fingerprint density at radius 3 is 2.18 bits per heavy atom. The van der Waals surface area contributed by atoms with Crippen LogP contribution >= 0.6 is 0 Å². The second kappa shape index (κ2) is 8.78. The molecule has 1 N–H and O–H groups in total. The van der Waals surface area contributed by atoms with E-state index in [2.05, 4.69) is 5.32 Å². The smallest absolute Gasteiger partial charge is 0.282 e. The summed E-state index contributed by atoms with van der Waals surface area (Å²) in [4.78, 5) is 28.1. The molecule has 2 amide bonds. The van der Waals surface area contributed by atoms with Crippen LogP contribution in [-0.4, -0.2) is 26.0 Å². The highest BCUT2D eigenvalue weighted by Crippen LogP contribution is 2.37. The first-order valence-corrected chi connectivity index (χ1v) is 10.3. The SMILES string of the molecule is COc1ccc(OC)c(NC2=C(c3ccc(C)c(C)c3)C(=O)N(c3ccc(F)cc3)C2=O)c1. The van der Waals surface area contributed by atoms with Crippen molar-refractivity contribution in [2.24, 2.45) is 0 Å². The molecular weight excluding hydrogens is 423 g/mol. The molecule has 6 nitrogen and oxygen atoms in total. The van der Waals surface area contributed by atoms with Gasteiger partial charge in [0.1, 0.15) is 23.0 Å². The lowest BCUT2D eigenvalue weighted by Gasteiger charge is -2.16. The molecule has 0 saturated heterocycles. The third-order valence-corrected chi connectivity index (χ3v) is 5.63. The molecule has 1 heterocycles. The fraction of sp³-hybridized carbons (Fsp3) is 0.154. The first kappa shape index (κ1) is 22.1. The summed E-state index contributed by atoms with van der Waals surface area (Å²) in [5.41, 5.74) is 3.72. The Bertz CT molecular complexity index is 1280. The van der Waals surface area contributed by atoms with Gasteiger partial charge in [0.05, 0.1) is 31.2 Å². The number of halogens is 1. The maximum absolute atomic E-state index is 13.5. The summed E-state index contributed by atoms with van der Waals surface area (Å²) in [5, 5.41) is 3.10. The molecular formula is C26H23FN2O4. The lowest BCUT2D eigenvalue weighted by atomic mass is 9.99. The third-order valence-electron chi connectivity index (χ3n) is 5.63. The van der Waals surface area contributed by atoms with Gasteiger partial charge in [0.15, 0.2) is 0 Å². The number of hydrogen-bond donors (Lipinski definition) is 1. The van der Waals surface area contributed by atoms with E-state index in [1.54, 1.807) is 18.2 Å². The van der Waals surface area contributed by atoms with Gasteiger partial charge in [-0.15, -0.1) is 0 Å². The number of anilines is 2. The summed E-state index contributed by atoms with van der Waals surface area (Å²) in [6.45, 7) is 3.91. The van der Waals surface area contributed by atoms with Crippen LogP contribution < -0.4 is 19.7 Å². The van der Waals surface area contributed by atoms with Gasteiger partial charge in [-0.2, -0.15) is 0 Å². The first-order chi connectivity index (χ1) is 15.8. The second-order valence-corrected chi connectivity index (χ2v) is 7.66. The largest absolute Gasteiger partial charge is 0.497 e. The van der Waals surface area contributed by atoms with Gasteiger partial charge in [0.2, 0.25) is 0 Å². The zero-order valence-corrected chi connectivity index (χ0v) is 18.7. The number of nitrogens with zero attached hydrogens (tertiary/aromatic N) is 1. The molecule has 3 aromatic carbocycles. The number of rotatable bonds is 6. The van der Waals surface area contributed by atoms with E-state index < -0.39 is 17.6 Å². The van der Waals surface area contributed by atoms with E-state index in [4.69, 9.17) is 9.47 Å². The van der Waals surface area contributed by atoms with Gasteiger partial charge in [0, 0.05) is 6.07 Å². The monoisotopic (exact) mass is 446 g/mol. The van der Waals surface area contributed by atoms with Gasteiger partial charge in [-0.3, -0.25) is 9.59 Å². The minimum Gasteiger partial charge on any atom is -0.497 e. The molecule has 0 bridgehead atoms. The van der Waals surface area contributed by atoms with Crippen LogP contribution in [0.2, 0.25) is 0 Å². The number of carbonyl (C=O) groups excluding carboxylic acids is 2. The minimum atomic E-state index is -0.551. The average Bonchev–Trinajstić information content (AvgIpc) is 3.05.